The number of amides is 1. The fourth-order valence-electron chi connectivity index (χ4n) is 1.25. The summed E-state index contributed by atoms with van der Waals surface area (Å²) in [4.78, 5) is 11.4. The molecule has 1 aliphatic heterocycles. The van der Waals surface area contributed by atoms with Crippen molar-refractivity contribution in [2.75, 3.05) is 13.2 Å². The van der Waals surface area contributed by atoms with Gasteiger partial charge in [-0.25, -0.2) is 4.68 Å². The molecule has 3 N–H and O–H groups in total. The third-order valence-electron chi connectivity index (χ3n) is 2.10. The van der Waals surface area contributed by atoms with E-state index in [2.05, 4.69) is 15.6 Å². The molecule has 15 heavy (non-hydrogen) atoms. The number of carbonyl (C=O) groups is 1. The van der Waals surface area contributed by atoms with Crippen LogP contribution in [0.3, 0.4) is 0 Å². The Balaban J connectivity index is 1.82. The van der Waals surface area contributed by atoms with Gasteiger partial charge in [0.15, 0.2) is 0 Å². The quantitative estimate of drug-likeness (QED) is 0.616. The highest BCUT2D eigenvalue weighted by Crippen LogP contribution is 1.99. The SMILES string of the molecule is NCc1cn(CC(=O)NC2COC2)nn1. The molecule has 0 radical (unpaired) electrons. The van der Waals surface area contributed by atoms with E-state index in [-0.39, 0.29) is 18.5 Å². The lowest BCUT2D eigenvalue weighted by molar-refractivity contribution is -0.126. The third-order valence-corrected chi connectivity index (χ3v) is 2.10. The molecule has 1 amide bonds. The van der Waals surface area contributed by atoms with Crippen LogP contribution in [0.5, 0.6) is 0 Å². The summed E-state index contributed by atoms with van der Waals surface area (Å²) < 4.78 is 6.41. The van der Waals surface area contributed by atoms with Gasteiger partial charge in [-0.3, -0.25) is 4.79 Å². The van der Waals surface area contributed by atoms with Gasteiger partial charge >= 0.3 is 0 Å². The molecule has 1 fully saturated rings. The zero-order valence-corrected chi connectivity index (χ0v) is 8.22. The second-order valence-corrected chi connectivity index (χ2v) is 3.41. The summed E-state index contributed by atoms with van der Waals surface area (Å²) in [5, 5.41) is 10.4. The first-order valence-corrected chi connectivity index (χ1v) is 4.74. The maximum absolute atomic E-state index is 11.4. The van der Waals surface area contributed by atoms with Crippen molar-refractivity contribution in [2.24, 2.45) is 5.73 Å². The van der Waals surface area contributed by atoms with Crippen molar-refractivity contribution in [3.8, 4) is 0 Å². The van der Waals surface area contributed by atoms with Crippen LogP contribution in [-0.4, -0.2) is 40.2 Å². The molecule has 1 aromatic heterocycles. The molecule has 1 aromatic rings. The smallest absolute Gasteiger partial charge is 0.242 e. The van der Waals surface area contributed by atoms with E-state index in [1.165, 1.54) is 4.68 Å². The van der Waals surface area contributed by atoms with Crippen LogP contribution < -0.4 is 11.1 Å². The molecule has 82 valence electrons. The molecule has 7 nitrogen and oxygen atoms in total. The Hall–Kier alpha value is -1.47. The van der Waals surface area contributed by atoms with E-state index in [0.717, 1.165) is 0 Å². The van der Waals surface area contributed by atoms with Crippen LogP contribution >= 0.6 is 0 Å². The topological polar surface area (TPSA) is 95.1 Å². The van der Waals surface area contributed by atoms with Crippen LogP contribution in [-0.2, 0) is 22.6 Å². The van der Waals surface area contributed by atoms with Gasteiger partial charge < -0.3 is 15.8 Å². The molecular formula is C8H13N5O2. The Morgan fingerprint density at radius 2 is 2.53 bits per heavy atom. The Labute approximate surface area is 86.6 Å². The number of hydrogen-bond acceptors (Lipinski definition) is 5. The lowest BCUT2D eigenvalue weighted by Crippen LogP contribution is -2.49. The van der Waals surface area contributed by atoms with Crippen molar-refractivity contribution < 1.29 is 9.53 Å². The van der Waals surface area contributed by atoms with Gasteiger partial charge in [0.05, 0.1) is 31.1 Å². The monoisotopic (exact) mass is 211 g/mol. The largest absolute Gasteiger partial charge is 0.377 e. The zero-order valence-electron chi connectivity index (χ0n) is 8.22. The van der Waals surface area contributed by atoms with Crippen molar-refractivity contribution >= 4 is 5.91 Å². The zero-order chi connectivity index (χ0) is 10.7. The van der Waals surface area contributed by atoms with E-state index in [1.807, 2.05) is 0 Å². The predicted molar refractivity (Wildman–Crippen MR) is 50.7 cm³/mol. The lowest BCUT2D eigenvalue weighted by Gasteiger charge is -2.26. The summed E-state index contributed by atoms with van der Waals surface area (Å²) >= 11 is 0. The Kier molecular flexibility index (Phi) is 2.93. The number of nitrogens with two attached hydrogens (primary N) is 1. The maximum atomic E-state index is 11.4. The van der Waals surface area contributed by atoms with Crippen molar-refractivity contribution in [1.29, 1.82) is 0 Å². The highest BCUT2D eigenvalue weighted by Gasteiger charge is 2.20. The summed E-state index contributed by atoms with van der Waals surface area (Å²) in [6, 6.07) is 0.148. The van der Waals surface area contributed by atoms with E-state index in [1.54, 1.807) is 6.20 Å². The van der Waals surface area contributed by atoms with Crippen LogP contribution in [0.15, 0.2) is 6.20 Å². The van der Waals surface area contributed by atoms with Gasteiger partial charge in [0.1, 0.15) is 6.54 Å². The molecule has 1 saturated heterocycles. The molecule has 0 spiro atoms. The van der Waals surface area contributed by atoms with Crippen LogP contribution in [0.2, 0.25) is 0 Å². The number of hydrogen-bond donors (Lipinski definition) is 2. The van der Waals surface area contributed by atoms with Gasteiger partial charge in [0, 0.05) is 6.54 Å². The van der Waals surface area contributed by atoms with E-state index < -0.39 is 0 Å². The molecule has 0 bridgehead atoms. The summed E-state index contributed by atoms with van der Waals surface area (Å²) in [7, 11) is 0. The number of carbonyl (C=O) groups excluding carboxylic acids is 1. The predicted octanol–water partition coefficient (Wildman–Crippen LogP) is -1.75. The Morgan fingerprint density at radius 1 is 1.73 bits per heavy atom. The maximum Gasteiger partial charge on any atom is 0.242 e. The van der Waals surface area contributed by atoms with E-state index in [9.17, 15) is 4.79 Å². The second-order valence-electron chi connectivity index (χ2n) is 3.41. The summed E-state index contributed by atoms with van der Waals surface area (Å²) in [6.45, 7) is 1.69. The standard InChI is InChI=1S/C8H13N5O2/c9-1-6-2-13(12-11-6)3-8(14)10-7-4-15-5-7/h2,7H,1,3-5,9H2,(H,10,14). The fraction of sp³-hybridized carbons (Fsp3) is 0.625. The van der Waals surface area contributed by atoms with Crippen LogP contribution in [0.4, 0.5) is 0 Å². The van der Waals surface area contributed by atoms with Gasteiger partial charge in [-0.2, -0.15) is 0 Å². The molecule has 0 aliphatic carbocycles. The van der Waals surface area contributed by atoms with E-state index >= 15 is 0 Å². The van der Waals surface area contributed by atoms with Crippen molar-refractivity contribution in [3.05, 3.63) is 11.9 Å². The second kappa shape index (κ2) is 4.37. The number of nitrogens with one attached hydrogen (secondary N) is 1. The first kappa shape index (κ1) is 10.1. The number of nitrogens with zero attached hydrogens (tertiary/aromatic N) is 3. The molecule has 1 aliphatic rings. The van der Waals surface area contributed by atoms with Crippen LogP contribution in [0, 0.1) is 0 Å². The van der Waals surface area contributed by atoms with Crippen molar-refractivity contribution in [1.82, 2.24) is 20.3 Å². The average molecular weight is 211 g/mol. The minimum Gasteiger partial charge on any atom is -0.377 e. The molecule has 0 atom stereocenters. The third kappa shape index (κ3) is 2.51. The van der Waals surface area contributed by atoms with Gasteiger partial charge in [-0.1, -0.05) is 5.21 Å². The summed E-state index contributed by atoms with van der Waals surface area (Å²) in [5.74, 6) is -0.0863. The van der Waals surface area contributed by atoms with Crippen LogP contribution in [0.25, 0.3) is 0 Å². The molecular weight excluding hydrogens is 198 g/mol. The number of rotatable bonds is 4. The highest BCUT2D eigenvalue weighted by atomic mass is 16.5. The van der Waals surface area contributed by atoms with Crippen molar-refractivity contribution in [2.45, 2.75) is 19.1 Å². The van der Waals surface area contributed by atoms with Gasteiger partial charge in [0.25, 0.3) is 0 Å². The minimum absolute atomic E-state index is 0.0863. The molecule has 0 aromatic carbocycles. The Bertz CT molecular complexity index is 347. The van der Waals surface area contributed by atoms with Crippen LogP contribution in [0.1, 0.15) is 5.69 Å². The van der Waals surface area contributed by atoms with Gasteiger partial charge in [-0.15, -0.1) is 5.10 Å². The Morgan fingerprint density at radius 3 is 3.07 bits per heavy atom. The molecule has 2 rings (SSSR count). The molecule has 7 heteroatoms. The fourth-order valence-corrected chi connectivity index (χ4v) is 1.25. The lowest BCUT2D eigenvalue weighted by atomic mass is 10.2. The summed E-state index contributed by atoms with van der Waals surface area (Å²) in [6.07, 6.45) is 1.66. The van der Waals surface area contributed by atoms with E-state index in [0.29, 0.717) is 25.5 Å². The van der Waals surface area contributed by atoms with E-state index in [4.69, 9.17) is 10.5 Å². The minimum atomic E-state index is -0.0863. The highest BCUT2D eigenvalue weighted by molar-refractivity contribution is 5.76. The van der Waals surface area contributed by atoms with Crippen molar-refractivity contribution in [3.63, 3.8) is 0 Å². The van der Waals surface area contributed by atoms with Gasteiger partial charge in [0.2, 0.25) is 5.91 Å². The summed E-state index contributed by atoms with van der Waals surface area (Å²) in [5.41, 5.74) is 6.05. The number of aromatic nitrogens is 3. The molecule has 2 heterocycles. The van der Waals surface area contributed by atoms with Gasteiger partial charge in [-0.05, 0) is 0 Å². The average Bonchev–Trinajstić information content (AvgIpc) is 2.59. The molecule has 0 saturated carbocycles. The molecule has 0 unspecified atom stereocenters. The number of ether oxygens (including phenoxy) is 1. The first-order chi connectivity index (χ1) is 7.28. The normalized spacial score (nSPS) is 16.1. The first-order valence-electron chi connectivity index (χ1n) is 4.74.